The molecule has 1 aliphatic carbocycles. The van der Waals surface area contributed by atoms with Crippen molar-refractivity contribution in [3.63, 3.8) is 0 Å². The minimum absolute atomic E-state index is 0.0157. The van der Waals surface area contributed by atoms with E-state index in [4.69, 9.17) is 4.74 Å². The average Bonchev–Trinajstić information content (AvgIpc) is 3.33. The van der Waals surface area contributed by atoms with Crippen LogP contribution >= 0.6 is 15.9 Å². The van der Waals surface area contributed by atoms with Crippen molar-refractivity contribution in [1.29, 1.82) is 0 Å². The van der Waals surface area contributed by atoms with Gasteiger partial charge >= 0.3 is 6.18 Å². The Morgan fingerprint density at radius 1 is 1.06 bits per heavy atom. The number of nitrogens with one attached hydrogen (secondary N) is 2. The van der Waals surface area contributed by atoms with Gasteiger partial charge < -0.3 is 10.1 Å². The van der Waals surface area contributed by atoms with E-state index in [-0.39, 0.29) is 28.5 Å². The van der Waals surface area contributed by atoms with Gasteiger partial charge in [-0.15, -0.1) is 0 Å². The van der Waals surface area contributed by atoms with Crippen molar-refractivity contribution >= 4 is 37.3 Å². The molecule has 0 unspecified atom stereocenters. The molecule has 0 saturated heterocycles. The van der Waals surface area contributed by atoms with Crippen LogP contribution in [-0.4, -0.2) is 15.5 Å². The smallest absolute Gasteiger partial charge is 0.416 e. The maximum absolute atomic E-state index is 13.1. The average molecular weight is 579 g/mol. The first-order valence-electron chi connectivity index (χ1n) is 11.2. The van der Waals surface area contributed by atoms with Crippen molar-refractivity contribution in [3.05, 3.63) is 94.0 Å². The number of ether oxygens (including phenoxy) is 1. The minimum atomic E-state index is -4.57. The van der Waals surface area contributed by atoms with Gasteiger partial charge in [0.05, 0.1) is 23.6 Å². The predicted molar refractivity (Wildman–Crippen MR) is 136 cm³/mol. The number of methoxy groups -OCH3 is 1. The van der Waals surface area contributed by atoms with Crippen LogP contribution in [0.15, 0.2) is 82.2 Å². The van der Waals surface area contributed by atoms with E-state index < -0.39 is 21.8 Å². The van der Waals surface area contributed by atoms with E-state index >= 15 is 0 Å². The summed E-state index contributed by atoms with van der Waals surface area (Å²) in [4.78, 5) is -0.0157. The molecule has 5 rings (SSSR count). The lowest BCUT2D eigenvalue weighted by molar-refractivity contribution is -0.137. The van der Waals surface area contributed by atoms with E-state index in [2.05, 4.69) is 38.1 Å². The Balaban J connectivity index is 1.48. The number of hydrogen-bond donors (Lipinski definition) is 2. The summed E-state index contributed by atoms with van der Waals surface area (Å²) < 4.78 is 74.2. The van der Waals surface area contributed by atoms with E-state index in [0.29, 0.717) is 0 Å². The Hall–Kier alpha value is -2.98. The highest BCUT2D eigenvalue weighted by Crippen LogP contribution is 2.51. The molecule has 188 valence electrons. The van der Waals surface area contributed by atoms with Gasteiger partial charge in [0.2, 0.25) is 0 Å². The van der Waals surface area contributed by atoms with Crippen LogP contribution in [0.2, 0.25) is 0 Å². The molecule has 36 heavy (non-hydrogen) atoms. The van der Waals surface area contributed by atoms with Gasteiger partial charge in [0, 0.05) is 27.3 Å². The first-order chi connectivity index (χ1) is 17.1. The van der Waals surface area contributed by atoms with Crippen molar-refractivity contribution < 1.29 is 26.3 Å². The Labute approximate surface area is 215 Å². The van der Waals surface area contributed by atoms with Crippen molar-refractivity contribution in [2.24, 2.45) is 5.92 Å². The molecule has 0 amide bonds. The van der Waals surface area contributed by atoms with Crippen LogP contribution in [-0.2, 0) is 16.2 Å². The van der Waals surface area contributed by atoms with Crippen molar-refractivity contribution in [2.45, 2.75) is 29.5 Å². The van der Waals surface area contributed by atoms with Gasteiger partial charge in [0.1, 0.15) is 5.75 Å². The molecular weight excluding hydrogens is 557 g/mol. The molecule has 1 heterocycles. The summed E-state index contributed by atoms with van der Waals surface area (Å²) in [6, 6.07) is 14.7. The Morgan fingerprint density at radius 2 is 1.86 bits per heavy atom. The Kier molecular flexibility index (Phi) is 6.28. The number of benzene rings is 3. The second-order valence-corrected chi connectivity index (χ2v) is 11.4. The van der Waals surface area contributed by atoms with Gasteiger partial charge in [-0.1, -0.05) is 34.1 Å². The summed E-state index contributed by atoms with van der Waals surface area (Å²) >= 11 is 3.54. The van der Waals surface area contributed by atoms with Crippen LogP contribution in [0, 0.1) is 5.92 Å². The molecule has 1 aliphatic heterocycles. The van der Waals surface area contributed by atoms with E-state index in [9.17, 15) is 21.6 Å². The number of rotatable bonds is 5. The van der Waals surface area contributed by atoms with Gasteiger partial charge in [-0.25, -0.2) is 8.42 Å². The fourth-order valence-corrected chi connectivity index (χ4v) is 6.43. The van der Waals surface area contributed by atoms with Crippen molar-refractivity contribution in [2.75, 3.05) is 17.1 Å². The first-order valence-corrected chi connectivity index (χ1v) is 13.4. The third kappa shape index (κ3) is 4.59. The van der Waals surface area contributed by atoms with Gasteiger partial charge in [-0.2, -0.15) is 13.2 Å². The number of sulfonamides is 1. The van der Waals surface area contributed by atoms with Crippen LogP contribution in [0.4, 0.5) is 24.5 Å². The molecule has 2 N–H and O–H groups in total. The van der Waals surface area contributed by atoms with Crippen LogP contribution in [0.25, 0.3) is 0 Å². The second-order valence-electron chi connectivity index (χ2n) is 8.79. The normalized spacial score (nSPS) is 20.9. The highest BCUT2D eigenvalue weighted by atomic mass is 79.9. The van der Waals surface area contributed by atoms with Crippen LogP contribution in [0.5, 0.6) is 5.75 Å². The van der Waals surface area contributed by atoms with E-state index in [1.807, 2.05) is 18.2 Å². The molecule has 3 aromatic rings. The number of halogens is 4. The largest absolute Gasteiger partial charge is 0.496 e. The third-order valence-electron chi connectivity index (χ3n) is 6.61. The molecule has 0 radical (unpaired) electrons. The lowest BCUT2D eigenvalue weighted by Crippen LogP contribution is -2.29. The van der Waals surface area contributed by atoms with Crippen molar-refractivity contribution in [1.82, 2.24) is 0 Å². The summed E-state index contributed by atoms with van der Waals surface area (Å²) in [5.74, 6) is 0.864. The summed E-state index contributed by atoms with van der Waals surface area (Å²) in [5, 5.41) is 3.56. The van der Waals surface area contributed by atoms with Gasteiger partial charge in [-0.05, 0) is 72.5 Å². The lowest BCUT2D eigenvalue weighted by atomic mass is 9.77. The minimum Gasteiger partial charge on any atom is -0.496 e. The Bertz CT molecular complexity index is 1460. The van der Waals surface area contributed by atoms with Gasteiger partial charge in [-0.3, -0.25) is 4.72 Å². The summed E-state index contributed by atoms with van der Waals surface area (Å²) in [6.07, 6.45) is 0.400. The molecular formula is C26H22BrF3N2O3S. The van der Waals surface area contributed by atoms with E-state index in [1.54, 1.807) is 19.2 Å². The summed E-state index contributed by atoms with van der Waals surface area (Å²) in [7, 11) is -2.49. The molecule has 5 nitrogen and oxygen atoms in total. The van der Waals surface area contributed by atoms with Gasteiger partial charge in [0.25, 0.3) is 10.0 Å². The lowest BCUT2D eigenvalue weighted by Gasteiger charge is -2.38. The van der Waals surface area contributed by atoms with Gasteiger partial charge in [0.15, 0.2) is 0 Å². The van der Waals surface area contributed by atoms with Crippen LogP contribution in [0.3, 0.4) is 0 Å². The van der Waals surface area contributed by atoms with E-state index in [0.717, 1.165) is 45.6 Å². The molecule has 0 saturated carbocycles. The molecule has 3 aromatic carbocycles. The number of allylic oxidation sites excluding steroid dienone is 2. The molecule has 2 aliphatic rings. The molecule has 0 bridgehead atoms. The monoisotopic (exact) mass is 578 g/mol. The predicted octanol–water partition coefficient (Wildman–Crippen LogP) is 7.10. The standard InChI is InChI=1S/C26H22BrF3N2O3S/c1-35-24-11-8-16(27)13-22(24)25-20-7-3-6-19(20)21-14-18(9-10-23(21)31-25)36(33,34)32-17-5-2-4-15(12-17)26(28,29)30/h2-6,8-14,19-20,25,31-32H,7H2,1H3/t19-,20+,25-/m0/s1. The summed E-state index contributed by atoms with van der Waals surface area (Å²) in [5.41, 5.74) is 1.55. The zero-order valence-electron chi connectivity index (χ0n) is 19.0. The molecule has 0 fully saturated rings. The SMILES string of the molecule is COc1ccc(Br)cc1[C@H]1Nc2ccc(S(=O)(=O)Nc3cccc(C(F)(F)F)c3)cc2[C@H]2C=CC[C@H]21. The third-order valence-corrected chi connectivity index (χ3v) is 8.49. The van der Waals surface area contributed by atoms with Crippen LogP contribution < -0.4 is 14.8 Å². The highest BCUT2D eigenvalue weighted by molar-refractivity contribution is 9.10. The molecule has 0 aromatic heterocycles. The molecule has 10 heteroatoms. The summed E-state index contributed by atoms with van der Waals surface area (Å²) in [6.45, 7) is 0. The van der Waals surface area contributed by atoms with E-state index in [1.165, 1.54) is 18.2 Å². The number of anilines is 2. The maximum atomic E-state index is 13.1. The fourth-order valence-electron chi connectivity index (χ4n) is 4.97. The zero-order chi connectivity index (χ0) is 25.7. The quantitative estimate of drug-likeness (QED) is 0.317. The number of fused-ring (bicyclic) bond motifs is 3. The Morgan fingerprint density at radius 3 is 2.61 bits per heavy atom. The number of hydrogen-bond acceptors (Lipinski definition) is 4. The zero-order valence-corrected chi connectivity index (χ0v) is 21.4. The maximum Gasteiger partial charge on any atom is 0.416 e. The van der Waals surface area contributed by atoms with Crippen molar-refractivity contribution in [3.8, 4) is 5.75 Å². The topological polar surface area (TPSA) is 67.4 Å². The highest BCUT2D eigenvalue weighted by Gasteiger charge is 2.39. The number of alkyl halides is 3. The van der Waals surface area contributed by atoms with Crippen LogP contribution in [0.1, 0.15) is 35.1 Å². The second kappa shape index (κ2) is 9.15. The molecule has 0 spiro atoms. The molecule has 3 atom stereocenters. The fraction of sp³-hybridized carbons (Fsp3) is 0.231. The first kappa shape index (κ1) is 24.7.